The first-order valence-corrected chi connectivity index (χ1v) is 8.00. The van der Waals surface area contributed by atoms with Crippen molar-refractivity contribution >= 4 is 11.6 Å². The minimum Gasteiger partial charge on any atom is -0.367 e. The number of piperidine rings is 1. The third kappa shape index (κ3) is 4.04. The minimum absolute atomic E-state index is 0.488. The molecule has 2 heterocycles. The summed E-state index contributed by atoms with van der Waals surface area (Å²) >= 11 is 0. The summed E-state index contributed by atoms with van der Waals surface area (Å²) in [6, 6.07) is 0.488. The predicted molar refractivity (Wildman–Crippen MR) is 87.3 cm³/mol. The number of hydrogen-bond acceptors (Lipinski definition) is 6. The van der Waals surface area contributed by atoms with Crippen molar-refractivity contribution in [3.63, 3.8) is 0 Å². The summed E-state index contributed by atoms with van der Waals surface area (Å²) in [6.07, 6.45) is 4.36. The maximum atomic E-state index is 5.55. The predicted octanol–water partition coefficient (Wildman–Crippen LogP) is 1.92. The minimum atomic E-state index is 0.488. The molecular formula is C15H28N6. The van der Waals surface area contributed by atoms with Gasteiger partial charge in [-0.25, -0.2) is 15.8 Å². The molecule has 0 amide bonds. The number of hydrogen-bond donors (Lipinski definition) is 3. The van der Waals surface area contributed by atoms with Crippen LogP contribution in [0.15, 0.2) is 0 Å². The van der Waals surface area contributed by atoms with Crippen molar-refractivity contribution in [1.82, 2.24) is 14.9 Å². The summed E-state index contributed by atoms with van der Waals surface area (Å²) in [5.74, 6) is 8.01. The fraction of sp³-hybridized carbons (Fsp3) is 0.733. The van der Waals surface area contributed by atoms with Crippen LogP contribution in [-0.2, 0) is 6.42 Å². The van der Waals surface area contributed by atoms with Crippen LogP contribution in [0.5, 0.6) is 0 Å². The van der Waals surface area contributed by atoms with Gasteiger partial charge in [-0.3, -0.25) is 0 Å². The zero-order chi connectivity index (χ0) is 15.2. The Balaban J connectivity index is 2.03. The van der Waals surface area contributed by atoms with Crippen LogP contribution < -0.4 is 16.6 Å². The molecule has 1 aliphatic heterocycles. The molecule has 0 aromatic carbocycles. The maximum Gasteiger partial charge on any atom is 0.148 e. The van der Waals surface area contributed by atoms with Gasteiger partial charge in [-0.15, -0.1) is 0 Å². The molecule has 0 saturated carbocycles. The molecule has 2 rings (SSSR count). The monoisotopic (exact) mass is 292 g/mol. The Morgan fingerprint density at radius 2 is 1.86 bits per heavy atom. The number of aryl methyl sites for hydroxylation is 1. The lowest BCUT2D eigenvalue weighted by atomic mass is 10.0. The highest BCUT2D eigenvalue weighted by Gasteiger charge is 2.20. The molecule has 0 atom stereocenters. The fourth-order valence-corrected chi connectivity index (χ4v) is 2.81. The van der Waals surface area contributed by atoms with Crippen LogP contribution in [0.4, 0.5) is 11.6 Å². The molecule has 0 radical (unpaired) electrons. The summed E-state index contributed by atoms with van der Waals surface area (Å²) in [6.45, 7) is 9.83. The first kappa shape index (κ1) is 16.0. The maximum absolute atomic E-state index is 5.55. The van der Waals surface area contributed by atoms with Crippen LogP contribution in [0.1, 0.15) is 44.5 Å². The molecule has 1 aromatic rings. The van der Waals surface area contributed by atoms with E-state index in [0.717, 1.165) is 49.6 Å². The standard InChI is InChI=1S/C15H28N6/c1-4-8-21-9-6-12(7-10-21)17-14-11(3)15(20-16)19-13(5-2)18-14/h12H,4-10,16H2,1-3H3,(H2,17,18,19,20). The van der Waals surface area contributed by atoms with Gasteiger partial charge < -0.3 is 15.6 Å². The van der Waals surface area contributed by atoms with Gasteiger partial charge in [0.2, 0.25) is 0 Å². The average molecular weight is 292 g/mol. The summed E-state index contributed by atoms with van der Waals surface area (Å²) in [5.41, 5.74) is 3.66. The second kappa shape index (κ2) is 7.56. The number of rotatable bonds is 6. The first-order chi connectivity index (χ1) is 10.2. The number of nitrogen functional groups attached to an aromatic ring is 1. The molecule has 1 aromatic heterocycles. The summed E-state index contributed by atoms with van der Waals surface area (Å²) in [4.78, 5) is 11.6. The second-order valence-electron chi connectivity index (χ2n) is 5.72. The van der Waals surface area contributed by atoms with Gasteiger partial charge in [0, 0.05) is 31.1 Å². The van der Waals surface area contributed by atoms with Crippen LogP contribution >= 0.6 is 0 Å². The number of nitrogens with two attached hydrogens (primary N) is 1. The van der Waals surface area contributed by atoms with Gasteiger partial charge in [0.25, 0.3) is 0 Å². The fourth-order valence-electron chi connectivity index (χ4n) is 2.81. The van der Waals surface area contributed by atoms with Crippen LogP contribution in [0.25, 0.3) is 0 Å². The van der Waals surface area contributed by atoms with Gasteiger partial charge in [0.05, 0.1) is 0 Å². The van der Waals surface area contributed by atoms with Crippen molar-refractivity contribution in [2.75, 3.05) is 30.4 Å². The topological polar surface area (TPSA) is 79.1 Å². The molecule has 6 heteroatoms. The van der Waals surface area contributed by atoms with E-state index in [4.69, 9.17) is 5.84 Å². The molecule has 1 aliphatic rings. The van der Waals surface area contributed by atoms with Gasteiger partial charge in [0.15, 0.2) is 0 Å². The second-order valence-corrected chi connectivity index (χ2v) is 5.72. The number of nitrogens with zero attached hydrogens (tertiary/aromatic N) is 3. The first-order valence-electron chi connectivity index (χ1n) is 8.00. The van der Waals surface area contributed by atoms with Crippen molar-refractivity contribution in [2.24, 2.45) is 5.84 Å². The number of hydrazine groups is 1. The normalized spacial score (nSPS) is 17.0. The van der Waals surface area contributed by atoms with E-state index in [0.29, 0.717) is 11.9 Å². The summed E-state index contributed by atoms with van der Waals surface area (Å²) in [7, 11) is 0. The Morgan fingerprint density at radius 1 is 1.19 bits per heavy atom. The van der Waals surface area contributed by atoms with E-state index >= 15 is 0 Å². The van der Waals surface area contributed by atoms with E-state index in [1.807, 2.05) is 6.92 Å². The zero-order valence-electron chi connectivity index (χ0n) is 13.4. The Bertz CT molecular complexity index is 454. The largest absolute Gasteiger partial charge is 0.367 e. The van der Waals surface area contributed by atoms with E-state index in [-0.39, 0.29) is 0 Å². The third-order valence-electron chi connectivity index (χ3n) is 4.11. The molecule has 21 heavy (non-hydrogen) atoms. The lowest BCUT2D eigenvalue weighted by Gasteiger charge is -2.32. The number of anilines is 2. The van der Waals surface area contributed by atoms with Crippen LogP contribution in [0, 0.1) is 6.92 Å². The van der Waals surface area contributed by atoms with E-state index in [9.17, 15) is 0 Å². The van der Waals surface area contributed by atoms with Gasteiger partial charge in [0.1, 0.15) is 17.5 Å². The van der Waals surface area contributed by atoms with Crippen molar-refractivity contribution in [3.8, 4) is 0 Å². The molecule has 6 nitrogen and oxygen atoms in total. The summed E-state index contributed by atoms with van der Waals surface area (Å²) < 4.78 is 0. The van der Waals surface area contributed by atoms with E-state index in [1.54, 1.807) is 0 Å². The van der Waals surface area contributed by atoms with Gasteiger partial charge in [-0.2, -0.15) is 0 Å². The summed E-state index contributed by atoms with van der Waals surface area (Å²) in [5, 5.41) is 3.59. The average Bonchev–Trinajstić information content (AvgIpc) is 2.51. The van der Waals surface area contributed by atoms with Gasteiger partial charge in [-0.05, 0) is 32.7 Å². The van der Waals surface area contributed by atoms with E-state index < -0.39 is 0 Å². The molecule has 0 unspecified atom stereocenters. The van der Waals surface area contributed by atoms with Gasteiger partial charge in [-0.1, -0.05) is 13.8 Å². The van der Waals surface area contributed by atoms with Crippen LogP contribution in [0.2, 0.25) is 0 Å². The highest BCUT2D eigenvalue weighted by molar-refractivity contribution is 5.57. The highest BCUT2D eigenvalue weighted by Crippen LogP contribution is 2.22. The third-order valence-corrected chi connectivity index (χ3v) is 4.11. The molecule has 0 spiro atoms. The molecule has 1 saturated heterocycles. The van der Waals surface area contributed by atoms with Crippen molar-refractivity contribution in [2.45, 2.75) is 52.5 Å². The molecule has 0 aliphatic carbocycles. The SMILES string of the molecule is CCCN1CCC(Nc2nc(CC)nc(NN)c2C)CC1. The Hall–Kier alpha value is -1.40. The van der Waals surface area contributed by atoms with E-state index in [2.05, 4.69) is 39.5 Å². The molecule has 1 fully saturated rings. The lowest BCUT2D eigenvalue weighted by Crippen LogP contribution is -2.39. The van der Waals surface area contributed by atoms with Gasteiger partial charge >= 0.3 is 0 Å². The zero-order valence-corrected chi connectivity index (χ0v) is 13.4. The number of nitrogens with one attached hydrogen (secondary N) is 2. The Labute approximate surface area is 127 Å². The van der Waals surface area contributed by atoms with Crippen molar-refractivity contribution in [1.29, 1.82) is 0 Å². The smallest absolute Gasteiger partial charge is 0.148 e. The molecular weight excluding hydrogens is 264 g/mol. The Kier molecular flexibility index (Phi) is 5.76. The quantitative estimate of drug-likeness (QED) is 0.549. The number of aromatic nitrogens is 2. The highest BCUT2D eigenvalue weighted by atomic mass is 15.3. The molecule has 118 valence electrons. The van der Waals surface area contributed by atoms with E-state index in [1.165, 1.54) is 13.0 Å². The van der Waals surface area contributed by atoms with Crippen molar-refractivity contribution < 1.29 is 0 Å². The Morgan fingerprint density at radius 3 is 2.43 bits per heavy atom. The molecule has 0 bridgehead atoms. The molecule has 4 N–H and O–H groups in total. The van der Waals surface area contributed by atoms with Crippen LogP contribution in [-0.4, -0.2) is 40.5 Å². The number of likely N-dealkylation sites (tertiary alicyclic amines) is 1. The van der Waals surface area contributed by atoms with Crippen molar-refractivity contribution in [3.05, 3.63) is 11.4 Å². The van der Waals surface area contributed by atoms with Crippen LogP contribution in [0.3, 0.4) is 0 Å². The lowest BCUT2D eigenvalue weighted by molar-refractivity contribution is 0.219.